The molecule has 3 N–H and O–H groups in total. The van der Waals surface area contributed by atoms with Gasteiger partial charge in [0.15, 0.2) is 0 Å². The van der Waals surface area contributed by atoms with Crippen LogP contribution in [0.3, 0.4) is 0 Å². The lowest BCUT2D eigenvalue weighted by molar-refractivity contribution is -0.125. The number of likely N-dealkylation sites (tertiary alicyclic amines) is 1. The number of nitrogens with two attached hydrogens (primary N) is 1. The molecule has 0 radical (unpaired) electrons. The molecule has 12 heavy (non-hydrogen) atoms. The Labute approximate surface area is 70.9 Å². The van der Waals surface area contributed by atoms with Gasteiger partial charge in [-0.05, 0) is 6.92 Å². The summed E-state index contributed by atoms with van der Waals surface area (Å²) in [4.78, 5) is 23.2. The summed E-state index contributed by atoms with van der Waals surface area (Å²) in [5.74, 6) is -0.469. The number of nitrogens with one attached hydrogen (secondary N) is 1. The molecule has 3 amide bonds. The first-order chi connectivity index (χ1) is 5.65. The Morgan fingerprint density at radius 2 is 2.17 bits per heavy atom. The van der Waals surface area contributed by atoms with E-state index in [1.54, 1.807) is 4.90 Å². The first kappa shape index (κ1) is 8.83. The van der Waals surface area contributed by atoms with Crippen LogP contribution in [0.25, 0.3) is 0 Å². The topological polar surface area (TPSA) is 75.4 Å². The van der Waals surface area contributed by atoms with E-state index in [1.165, 1.54) is 0 Å². The van der Waals surface area contributed by atoms with E-state index in [2.05, 4.69) is 5.32 Å². The molecule has 5 heteroatoms. The zero-order valence-electron chi connectivity index (χ0n) is 7.04. The van der Waals surface area contributed by atoms with Crippen molar-refractivity contribution in [1.82, 2.24) is 10.2 Å². The molecule has 0 aliphatic carbocycles. The molecule has 1 rings (SSSR count). The average molecular weight is 171 g/mol. The molecule has 68 valence electrons. The molecule has 0 unspecified atom stereocenters. The fourth-order valence-electron chi connectivity index (χ4n) is 1.09. The van der Waals surface area contributed by atoms with Crippen molar-refractivity contribution in [2.75, 3.05) is 19.6 Å². The third kappa shape index (κ3) is 1.66. The number of carbonyl (C=O) groups excluding carboxylic acids is 2. The number of primary amides is 1. The van der Waals surface area contributed by atoms with Gasteiger partial charge in [-0.2, -0.15) is 0 Å². The highest BCUT2D eigenvalue weighted by atomic mass is 16.2. The molecule has 0 aromatic heterocycles. The molecule has 0 aromatic carbocycles. The Bertz CT molecular complexity index is 199. The molecule has 0 aromatic rings. The van der Waals surface area contributed by atoms with Crippen LogP contribution in [0.5, 0.6) is 0 Å². The number of nitrogens with zero attached hydrogens (tertiary/aromatic N) is 1. The molecule has 1 fully saturated rings. The fourth-order valence-corrected chi connectivity index (χ4v) is 1.09. The molecule has 0 bridgehead atoms. The van der Waals surface area contributed by atoms with Gasteiger partial charge in [0.1, 0.15) is 0 Å². The second kappa shape index (κ2) is 3.42. The summed E-state index contributed by atoms with van der Waals surface area (Å²) in [7, 11) is 0. The van der Waals surface area contributed by atoms with E-state index >= 15 is 0 Å². The molecule has 1 saturated heterocycles. The SMILES string of the molecule is CCNC(=O)N1CC(C(N)=O)C1. The van der Waals surface area contributed by atoms with Crippen molar-refractivity contribution in [1.29, 1.82) is 0 Å². The summed E-state index contributed by atoms with van der Waals surface area (Å²) < 4.78 is 0. The Morgan fingerprint density at radius 1 is 1.58 bits per heavy atom. The van der Waals surface area contributed by atoms with Crippen LogP contribution >= 0.6 is 0 Å². The van der Waals surface area contributed by atoms with Gasteiger partial charge in [-0.15, -0.1) is 0 Å². The van der Waals surface area contributed by atoms with E-state index in [4.69, 9.17) is 5.73 Å². The van der Waals surface area contributed by atoms with Crippen LogP contribution in [0, 0.1) is 5.92 Å². The van der Waals surface area contributed by atoms with Gasteiger partial charge in [-0.3, -0.25) is 4.79 Å². The third-order valence-corrected chi connectivity index (χ3v) is 1.90. The number of rotatable bonds is 2. The lowest BCUT2D eigenvalue weighted by Gasteiger charge is -2.36. The van der Waals surface area contributed by atoms with Gasteiger partial charge in [-0.25, -0.2) is 4.79 Å². The highest BCUT2D eigenvalue weighted by Gasteiger charge is 2.33. The van der Waals surface area contributed by atoms with Crippen molar-refractivity contribution in [3.63, 3.8) is 0 Å². The lowest BCUT2D eigenvalue weighted by Crippen LogP contribution is -2.57. The van der Waals surface area contributed by atoms with Crippen LogP contribution in [0.4, 0.5) is 4.79 Å². The summed E-state index contributed by atoms with van der Waals surface area (Å²) in [6.45, 7) is 3.38. The Balaban J connectivity index is 2.25. The number of amides is 3. The van der Waals surface area contributed by atoms with Gasteiger partial charge >= 0.3 is 6.03 Å². The molecule has 1 heterocycles. The van der Waals surface area contributed by atoms with Crippen molar-refractivity contribution in [2.24, 2.45) is 11.7 Å². The predicted octanol–water partition coefficient (Wildman–Crippen LogP) is -0.867. The van der Waals surface area contributed by atoms with Crippen molar-refractivity contribution in [3.8, 4) is 0 Å². The van der Waals surface area contributed by atoms with Crippen LogP contribution in [-0.4, -0.2) is 36.5 Å². The molecule has 1 aliphatic heterocycles. The minimum absolute atomic E-state index is 0.116. The first-order valence-electron chi connectivity index (χ1n) is 3.97. The molecule has 5 nitrogen and oxygen atoms in total. The number of urea groups is 1. The maximum Gasteiger partial charge on any atom is 0.317 e. The predicted molar refractivity (Wildman–Crippen MR) is 43.3 cm³/mol. The zero-order valence-corrected chi connectivity index (χ0v) is 7.04. The summed E-state index contributed by atoms with van der Waals surface area (Å²) in [6.07, 6.45) is 0. The molecule has 0 saturated carbocycles. The monoisotopic (exact) mass is 171 g/mol. The van der Waals surface area contributed by atoms with Gasteiger partial charge < -0.3 is 16.0 Å². The van der Waals surface area contributed by atoms with E-state index in [9.17, 15) is 9.59 Å². The highest BCUT2D eigenvalue weighted by molar-refractivity contribution is 5.82. The average Bonchev–Trinajstić information content (AvgIpc) is 1.82. The van der Waals surface area contributed by atoms with Gasteiger partial charge in [0, 0.05) is 19.6 Å². The quantitative estimate of drug-likeness (QED) is 0.567. The molecular weight excluding hydrogens is 158 g/mol. The van der Waals surface area contributed by atoms with Gasteiger partial charge in [-0.1, -0.05) is 0 Å². The van der Waals surface area contributed by atoms with Crippen molar-refractivity contribution < 1.29 is 9.59 Å². The van der Waals surface area contributed by atoms with Crippen LogP contribution in [0.15, 0.2) is 0 Å². The largest absolute Gasteiger partial charge is 0.369 e. The van der Waals surface area contributed by atoms with Gasteiger partial charge in [0.25, 0.3) is 0 Å². The van der Waals surface area contributed by atoms with Crippen molar-refractivity contribution in [3.05, 3.63) is 0 Å². The highest BCUT2D eigenvalue weighted by Crippen LogP contribution is 2.14. The van der Waals surface area contributed by atoms with Crippen LogP contribution < -0.4 is 11.1 Å². The fraction of sp³-hybridized carbons (Fsp3) is 0.714. The minimum Gasteiger partial charge on any atom is -0.369 e. The summed E-state index contributed by atoms with van der Waals surface area (Å²) in [5.41, 5.74) is 5.04. The first-order valence-corrected chi connectivity index (χ1v) is 3.97. The molecule has 1 aliphatic rings. The Morgan fingerprint density at radius 3 is 2.58 bits per heavy atom. The van der Waals surface area contributed by atoms with E-state index in [-0.39, 0.29) is 17.9 Å². The second-order valence-electron chi connectivity index (χ2n) is 2.84. The summed E-state index contributed by atoms with van der Waals surface area (Å²) >= 11 is 0. The van der Waals surface area contributed by atoms with Crippen molar-refractivity contribution in [2.45, 2.75) is 6.92 Å². The number of hydrogen-bond acceptors (Lipinski definition) is 2. The Kier molecular flexibility index (Phi) is 2.52. The zero-order chi connectivity index (χ0) is 9.14. The number of carbonyl (C=O) groups is 2. The van der Waals surface area contributed by atoms with Crippen LogP contribution in [0.1, 0.15) is 6.92 Å². The molecule has 0 spiro atoms. The Hall–Kier alpha value is -1.26. The van der Waals surface area contributed by atoms with Gasteiger partial charge in [0.2, 0.25) is 5.91 Å². The van der Waals surface area contributed by atoms with Crippen LogP contribution in [0.2, 0.25) is 0 Å². The summed E-state index contributed by atoms with van der Waals surface area (Å²) in [5, 5.41) is 2.64. The molecule has 0 atom stereocenters. The third-order valence-electron chi connectivity index (χ3n) is 1.90. The van der Waals surface area contributed by atoms with E-state index in [0.717, 1.165) is 0 Å². The molecular formula is C7H13N3O2. The smallest absolute Gasteiger partial charge is 0.317 e. The van der Waals surface area contributed by atoms with Crippen molar-refractivity contribution >= 4 is 11.9 Å². The number of hydrogen-bond donors (Lipinski definition) is 2. The maximum absolute atomic E-state index is 11.1. The normalized spacial score (nSPS) is 16.9. The lowest BCUT2D eigenvalue weighted by atomic mass is 10.0. The van der Waals surface area contributed by atoms with Crippen LogP contribution in [-0.2, 0) is 4.79 Å². The maximum atomic E-state index is 11.1. The second-order valence-corrected chi connectivity index (χ2v) is 2.84. The van der Waals surface area contributed by atoms with E-state index in [1.807, 2.05) is 6.92 Å². The van der Waals surface area contributed by atoms with Gasteiger partial charge in [0.05, 0.1) is 5.92 Å². The minimum atomic E-state index is -0.324. The van der Waals surface area contributed by atoms with E-state index < -0.39 is 0 Å². The van der Waals surface area contributed by atoms with E-state index in [0.29, 0.717) is 19.6 Å². The summed E-state index contributed by atoms with van der Waals surface area (Å²) in [6, 6.07) is -0.116. The standard InChI is InChI=1S/C7H13N3O2/c1-2-9-7(12)10-3-5(4-10)6(8)11/h5H,2-4H2,1H3,(H2,8,11)(H,9,12).